The highest BCUT2D eigenvalue weighted by Crippen LogP contribution is 2.23. The zero-order valence-corrected chi connectivity index (χ0v) is 11.3. The van der Waals surface area contributed by atoms with E-state index >= 15 is 0 Å². The number of nitrogens with zero attached hydrogens (tertiary/aromatic N) is 2. The van der Waals surface area contributed by atoms with Crippen LogP contribution in [0.4, 0.5) is 0 Å². The zero-order chi connectivity index (χ0) is 13.7. The van der Waals surface area contributed by atoms with Crippen molar-refractivity contribution in [2.45, 2.75) is 13.3 Å². The number of hydrogen-bond donors (Lipinski definition) is 0. The molecule has 0 aliphatic carbocycles. The van der Waals surface area contributed by atoms with Gasteiger partial charge in [0.25, 0.3) is 0 Å². The maximum atomic E-state index is 9.05. The number of aromatic nitrogens is 1. The number of pyridine rings is 1. The second-order valence-electron chi connectivity index (χ2n) is 3.97. The Hall–Kier alpha value is -2.05. The molecule has 1 aromatic heterocycles. The first-order valence-electron chi connectivity index (χ1n) is 6.00. The van der Waals surface area contributed by atoms with E-state index in [1.807, 2.05) is 37.3 Å². The van der Waals surface area contributed by atoms with Crippen molar-refractivity contribution in [3.8, 4) is 11.8 Å². The van der Waals surface area contributed by atoms with Gasteiger partial charge in [-0.15, -0.1) is 0 Å². The number of nitriles is 1. The Labute approximate surface area is 117 Å². The van der Waals surface area contributed by atoms with Gasteiger partial charge >= 0.3 is 0 Å². The lowest BCUT2D eigenvalue weighted by Gasteiger charge is -2.07. The van der Waals surface area contributed by atoms with E-state index in [2.05, 4.69) is 11.1 Å². The van der Waals surface area contributed by atoms with Gasteiger partial charge in [0.2, 0.25) is 0 Å². The Bertz CT molecular complexity index is 620. The van der Waals surface area contributed by atoms with Crippen LogP contribution < -0.4 is 4.74 Å². The number of benzene rings is 1. The van der Waals surface area contributed by atoms with Gasteiger partial charge < -0.3 is 4.74 Å². The third-order valence-electron chi connectivity index (χ3n) is 2.68. The van der Waals surface area contributed by atoms with Gasteiger partial charge in [-0.1, -0.05) is 29.8 Å². The summed E-state index contributed by atoms with van der Waals surface area (Å²) in [5.74, 6) is 0.585. The van der Waals surface area contributed by atoms with Gasteiger partial charge in [0.15, 0.2) is 10.9 Å². The molecule has 2 aromatic rings. The van der Waals surface area contributed by atoms with Crippen molar-refractivity contribution in [2.75, 3.05) is 6.61 Å². The summed E-state index contributed by atoms with van der Waals surface area (Å²) in [4.78, 5) is 4.29. The van der Waals surface area contributed by atoms with E-state index in [1.54, 1.807) is 6.07 Å². The molecule has 0 spiro atoms. The average molecular weight is 273 g/mol. The molecule has 0 aliphatic rings. The van der Waals surface area contributed by atoms with Gasteiger partial charge in [0.1, 0.15) is 0 Å². The molecular weight excluding hydrogens is 260 g/mol. The molecule has 0 N–H and O–H groups in total. The van der Waals surface area contributed by atoms with E-state index in [0.717, 1.165) is 11.3 Å². The average Bonchev–Trinajstić information content (AvgIpc) is 2.43. The molecule has 0 atom stereocenters. The van der Waals surface area contributed by atoms with Crippen molar-refractivity contribution < 1.29 is 4.74 Å². The topological polar surface area (TPSA) is 45.9 Å². The first kappa shape index (κ1) is 13.4. The second kappa shape index (κ2) is 6.21. The van der Waals surface area contributed by atoms with Crippen LogP contribution in [0.15, 0.2) is 36.4 Å². The van der Waals surface area contributed by atoms with E-state index < -0.39 is 0 Å². The van der Waals surface area contributed by atoms with Crippen molar-refractivity contribution >= 4 is 11.6 Å². The Morgan fingerprint density at radius 2 is 2.05 bits per heavy atom. The number of hydrogen-bond acceptors (Lipinski definition) is 3. The summed E-state index contributed by atoms with van der Waals surface area (Å²) in [6.45, 7) is 2.45. The Morgan fingerprint density at radius 1 is 1.26 bits per heavy atom. The molecule has 0 saturated carbocycles. The van der Waals surface area contributed by atoms with Gasteiger partial charge in [0.05, 0.1) is 18.2 Å². The van der Waals surface area contributed by atoms with Gasteiger partial charge in [0, 0.05) is 12.1 Å². The molecule has 1 heterocycles. The van der Waals surface area contributed by atoms with E-state index in [0.29, 0.717) is 29.5 Å². The largest absolute Gasteiger partial charge is 0.491 e. The van der Waals surface area contributed by atoms with Crippen molar-refractivity contribution in [2.24, 2.45) is 0 Å². The van der Waals surface area contributed by atoms with Crippen LogP contribution in [0.25, 0.3) is 0 Å². The first-order valence-corrected chi connectivity index (χ1v) is 6.38. The molecule has 2 rings (SSSR count). The predicted molar refractivity (Wildman–Crippen MR) is 74.4 cm³/mol. The van der Waals surface area contributed by atoms with E-state index in [-0.39, 0.29) is 0 Å². The molecule has 0 amide bonds. The van der Waals surface area contributed by atoms with Crippen molar-refractivity contribution in [3.05, 3.63) is 58.4 Å². The van der Waals surface area contributed by atoms with Crippen molar-refractivity contribution in [1.29, 1.82) is 5.26 Å². The fraction of sp³-hybridized carbons (Fsp3) is 0.200. The van der Waals surface area contributed by atoms with Gasteiger partial charge in [-0.3, -0.25) is 0 Å². The van der Waals surface area contributed by atoms with Crippen LogP contribution in [0.5, 0.6) is 5.75 Å². The third kappa shape index (κ3) is 3.24. The lowest BCUT2D eigenvalue weighted by Crippen LogP contribution is -1.98. The summed E-state index contributed by atoms with van der Waals surface area (Å²) >= 11 is 6.05. The third-order valence-corrected chi connectivity index (χ3v) is 2.95. The standard InChI is InChI=1S/C15H13ClN2O/c1-2-19-14-8-7-13(18-15(14)16)9-11-5-3-4-6-12(11)10-17/h3-8H,2,9H2,1H3. The SMILES string of the molecule is CCOc1ccc(Cc2ccccc2C#N)nc1Cl. The molecule has 0 radical (unpaired) electrons. The summed E-state index contributed by atoms with van der Waals surface area (Å²) in [6, 6.07) is 13.3. The van der Waals surface area contributed by atoms with Crippen molar-refractivity contribution in [3.63, 3.8) is 0 Å². The summed E-state index contributed by atoms with van der Waals surface area (Å²) in [5.41, 5.74) is 2.42. The van der Waals surface area contributed by atoms with Crippen LogP contribution in [-0.2, 0) is 6.42 Å². The minimum Gasteiger partial charge on any atom is -0.491 e. The quantitative estimate of drug-likeness (QED) is 0.799. The van der Waals surface area contributed by atoms with E-state index in [9.17, 15) is 0 Å². The summed E-state index contributed by atoms with van der Waals surface area (Å²) in [7, 11) is 0. The molecule has 0 aliphatic heterocycles. The number of ether oxygens (including phenoxy) is 1. The minimum absolute atomic E-state index is 0.355. The second-order valence-corrected chi connectivity index (χ2v) is 4.33. The summed E-state index contributed by atoms with van der Waals surface area (Å²) in [6.07, 6.45) is 0.579. The van der Waals surface area contributed by atoms with Crippen LogP contribution in [0, 0.1) is 11.3 Å². The first-order chi connectivity index (χ1) is 9.24. The lowest BCUT2D eigenvalue weighted by atomic mass is 10.0. The van der Waals surface area contributed by atoms with E-state index in [1.165, 1.54) is 0 Å². The molecule has 1 aromatic carbocycles. The molecular formula is C15H13ClN2O. The normalized spacial score (nSPS) is 9.95. The van der Waals surface area contributed by atoms with Crippen LogP contribution in [0.1, 0.15) is 23.7 Å². The van der Waals surface area contributed by atoms with Gasteiger partial charge in [-0.05, 0) is 30.7 Å². The molecule has 0 unspecified atom stereocenters. The molecule has 3 nitrogen and oxygen atoms in total. The molecule has 0 bridgehead atoms. The van der Waals surface area contributed by atoms with Crippen molar-refractivity contribution in [1.82, 2.24) is 4.98 Å². The fourth-order valence-electron chi connectivity index (χ4n) is 1.80. The smallest absolute Gasteiger partial charge is 0.171 e. The Kier molecular flexibility index (Phi) is 4.38. The molecule has 96 valence electrons. The lowest BCUT2D eigenvalue weighted by molar-refractivity contribution is 0.339. The number of halogens is 1. The van der Waals surface area contributed by atoms with Gasteiger partial charge in [-0.2, -0.15) is 5.26 Å². The summed E-state index contributed by atoms with van der Waals surface area (Å²) in [5, 5.41) is 9.40. The monoisotopic (exact) mass is 272 g/mol. The van der Waals surface area contributed by atoms with Gasteiger partial charge in [-0.25, -0.2) is 4.98 Å². The highest BCUT2D eigenvalue weighted by Gasteiger charge is 2.07. The zero-order valence-electron chi connectivity index (χ0n) is 10.6. The number of rotatable bonds is 4. The highest BCUT2D eigenvalue weighted by atomic mass is 35.5. The molecule has 0 saturated heterocycles. The Morgan fingerprint density at radius 3 is 2.74 bits per heavy atom. The molecule has 19 heavy (non-hydrogen) atoms. The van der Waals surface area contributed by atoms with Crippen LogP contribution in [0.3, 0.4) is 0 Å². The molecule has 4 heteroatoms. The van der Waals surface area contributed by atoms with Crippen LogP contribution in [0.2, 0.25) is 5.15 Å². The maximum Gasteiger partial charge on any atom is 0.171 e. The Balaban J connectivity index is 2.24. The maximum absolute atomic E-state index is 9.05. The highest BCUT2D eigenvalue weighted by molar-refractivity contribution is 6.30. The fourth-order valence-corrected chi connectivity index (χ4v) is 2.03. The minimum atomic E-state index is 0.355. The van der Waals surface area contributed by atoms with Crippen LogP contribution in [-0.4, -0.2) is 11.6 Å². The predicted octanol–water partition coefficient (Wildman–Crippen LogP) is 3.60. The summed E-state index contributed by atoms with van der Waals surface area (Å²) < 4.78 is 5.34. The molecule has 0 fully saturated rings. The van der Waals surface area contributed by atoms with Crippen LogP contribution >= 0.6 is 11.6 Å². The van der Waals surface area contributed by atoms with E-state index in [4.69, 9.17) is 21.6 Å².